The molecule has 0 saturated heterocycles. The van der Waals surface area contributed by atoms with Crippen molar-refractivity contribution in [2.75, 3.05) is 12.8 Å². The number of nitrogens with one attached hydrogen (secondary N) is 1. The average molecular weight is 302 g/mol. The fraction of sp³-hybridized carbons (Fsp3) is 1.00. The third-order valence-corrected chi connectivity index (χ3v) is 6.33. The standard InChI is InChI=1S/C18H39NS/c1-6-10-12-14-17(15-13-11-7-2)19-16-18(8-3,9-4)20-5/h17,19H,6-16H2,1-5H3. The Morgan fingerprint density at radius 2 is 1.35 bits per heavy atom. The van der Waals surface area contributed by atoms with Crippen LogP contribution in [0, 0.1) is 0 Å². The van der Waals surface area contributed by atoms with E-state index in [0.717, 1.165) is 6.04 Å². The lowest BCUT2D eigenvalue weighted by molar-refractivity contribution is 0.385. The highest BCUT2D eigenvalue weighted by molar-refractivity contribution is 8.00. The first-order valence-corrected chi connectivity index (χ1v) is 10.2. The molecule has 122 valence electrons. The third-order valence-electron chi connectivity index (χ3n) is 4.75. The van der Waals surface area contributed by atoms with E-state index in [4.69, 9.17) is 0 Å². The molecule has 0 unspecified atom stereocenters. The summed E-state index contributed by atoms with van der Waals surface area (Å²) in [6.45, 7) is 10.5. The van der Waals surface area contributed by atoms with Gasteiger partial charge >= 0.3 is 0 Å². The van der Waals surface area contributed by atoms with Crippen LogP contribution in [0.2, 0.25) is 0 Å². The number of thioether (sulfide) groups is 1. The van der Waals surface area contributed by atoms with Crippen LogP contribution in [0.1, 0.15) is 91.9 Å². The van der Waals surface area contributed by atoms with E-state index in [0.29, 0.717) is 4.75 Å². The Hall–Kier alpha value is 0.310. The molecule has 0 bridgehead atoms. The van der Waals surface area contributed by atoms with Crippen molar-refractivity contribution in [3.63, 3.8) is 0 Å². The molecule has 0 heterocycles. The summed E-state index contributed by atoms with van der Waals surface area (Å²) in [5.41, 5.74) is 0. The summed E-state index contributed by atoms with van der Waals surface area (Å²) < 4.78 is 0.452. The van der Waals surface area contributed by atoms with Gasteiger partial charge in [-0.1, -0.05) is 66.2 Å². The van der Waals surface area contributed by atoms with Crippen LogP contribution >= 0.6 is 11.8 Å². The second kappa shape index (κ2) is 13.0. The van der Waals surface area contributed by atoms with Crippen LogP contribution in [0.3, 0.4) is 0 Å². The second-order valence-electron chi connectivity index (χ2n) is 6.16. The lowest BCUT2D eigenvalue weighted by Gasteiger charge is -2.32. The average Bonchev–Trinajstić information content (AvgIpc) is 2.49. The Labute approximate surface area is 133 Å². The number of hydrogen-bond acceptors (Lipinski definition) is 2. The quantitative estimate of drug-likeness (QED) is 0.393. The molecule has 0 aromatic heterocycles. The Morgan fingerprint density at radius 3 is 1.70 bits per heavy atom. The van der Waals surface area contributed by atoms with Crippen molar-refractivity contribution in [2.45, 2.75) is 103 Å². The van der Waals surface area contributed by atoms with E-state index in [1.54, 1.807) is 0 Å². The maximum absolute atomic E-state index is 3.91. The smallest absolute Gasteiger partial charge is 0.0276 e. The Kier molecular flexibility index (Phi) is 13.2. The van der Waals surface area contributed by atoms with Crippen LogP contribution in [0.5, 0.6) is 0 Å². The molecule has 2 heteroatoms. The Morgan fingerprint density at radius 1 is 0.850 bits per heavy atom. The van der Waals surface area contributed by atoms with Crippen LogP contribution in [0.25, 0.3) is 0 Å². The predicted molar refractivity (Wildman–Crippen MR) is 96.9 cm³/mol. The normalized spacial score (nSPS) is 12.3. The number of unbranched alkanes of at least 4 members (excludes halogenated alkanes) is 4. The molecule has 0 aliphatic carbocycles. The molecular weight excluding hydrogens is 262 g/mol. The van der Waals surface area contributed by atoms with E-state index < -0.39 is 0 Å². The minimum absolute atomic E-state index is 0.452. The first-order chi connectivity index (χ1) is 9.67. The summed E-state index contributed by atoms with van der Waals surface area (Å²) in [6, 6.07) is 0.748. The maximum Gasteiger partial charge on any atom is 0.0276 e. The van der Waals surface area contributed by atoms with E-state index in [2.05, 4.69) is 51.0 Å². The summed E-state index contributed by atoms with van der Waals surface area (Å²) in [6.07, 6.45) is 15.8. The van der Waals surface area contributed by atoms with Crippen LogP contribution in [-0.2, 0) is 0 Å². The third kappa shape index (κ3) is 8.56. The van der Waals surface area contributed by atoms with Gasteiger partial charge in [0.15, 0.2) is 0 Å². The SMILES string of the molecule is CCCCCC(CCCCC)NCC(CC)(CC)SC. The zero-order valence-electron chi connectivity index (χ0n) is 14.8. The molecule has 0 aromatic carbocycles. The monoisotopic (exact) mass is 301 g/mol. The fourth-order valence-electron chi connectivity index (χ4n) is 2.82. The molecule has 1 nitrogen and oxygen atoms in total. The summed E-state index contributed by atoms with van der Waals surface area (Å²) in [7, 11) is 0. The lowest BCUT2D eigenvalue weighted by atomic mass is 9.98. The van der Waals surface area contributed by atoms with Gasteiger partial charge in [0.2, 0.25) is 0 Å². The largest absolute Gasteiger partial charge is 0.313 e. The molecule has 20 heavy (non-hydrogen) atoms. The predicted octanol–water partition coefficient (Wildman–Crippen LogP) is 6.03. The molecule has 0 aliphatic heterocycles. The van der Waals surface area contributed by atoms with Gasteiger partial charge in [0.1, 0.15) is 0 Å². The van der Waals surface area contributed by atoms with Crippen molar-refractivity contribution in [2.24, 2.45) is 0 Å². The van der Waals surface area contributed by atoms with Gasteiger partial charge in [-0.3, -0.25) is 0 Å². The van der Waals surface area contributed by atoms with Gasteiger partial charge in [-0.2, -0.15) is 11.8 Å². The van der Waals surface area contributed by atoms with Gasteiger partial charge in [0, 0.05) is 17.3 Å². The number of hydrogen-bond donors (Lipinski definition) is 1. The van der Waals surface area contributed by atoms with Crippen molar-refractivity contribution in [1.82, 2.24) is 5.32 Å². The van der Waals surface area contributed by atoms with E-state index in [1.807, 2.05) is 0 Å². The lowest BCUT2D eigenvalue weighted by Crippen LogP contribution is -2.41. The summed E-state index contributed by atoms with van der Waals surface area (Å²) in [5.74, 6) is 0. The molecule has 0 fully saturated rings. The first-order valence-electron chi connectivity index (χ1n) is 8.96. The highest BCUT2D eigenvalue weighted by Crippen LogP contribution is 2.30. The van der Waals surface area contributed by atoms with E-state index in [1.165, 1.54) is 70.8 Å². The van der Waals surface area contributed by atoms with Gasteiger partial charge in [0.25, 0.3) is 0 Å². The van der Waals surface area contributed by atoms with Crippen LogP contribution < -0.4 is 5.32 Å². The van der Waals surface area contributed by atoms with Crippen LogP contribution in [0.15, 0.2) is 0 Å². The highest BCUT2D eigenvalue weighted by atomic mass is 32.2. The second-order valence-corrected chi connectivity index (χ2v) is 7.44. The van der Waals surface area contributed by atoms with E-state index in [9.17, 15) is 0 Å². The van der Waals surface area contributed by atoms with Gasteiger partial charge in [-0.25, -0.2) is 0 Å². The zero-order valence-corrected chi connectivity index (χ0v) is 15.6. The first kappa shape index (κ1) is 20.3. The topological polar surface area (TPSA) is 12.0 Å². The molecule has 0 saturated carbocycles. The Balaban J connectivity index is 4.23. The van der Waals surface area contributed by atoms with Crippen molar-refractivity contribution in [1.29, 1.82) is 0 Å². The molecule has 0 spiro atoms. The molecule has 0 rings (SSSR count). The van der Waals surface area contributed by atoms with Gasteiger partial charge < -0.3 is 5.32 Å². The van der Waals surface area contributed by atoms with Gasteiger partial charge in [0.05, 0.1) is 0 Å². The minimum Gasteiger partial charge on any atom is -0.313 e. The molecule has 0 amide bonds. The maximum atomic E-state index is 3.91. The summed E-state index contributed by atoms with van der Waals surface area (Å²) >= 11 is 2.05. The van der Waals surface area contributed by atoms with Crippen molar-refractivity contribution >= 4 is 11.8 Å². The van der Waals surface area contributed by atoms with Crippen molar-refractivity contribution < 1.29 is 0 Å². The summed E-state index contributed by atoms with van der Waals surface area (Å²) in [5, 5.41) is 3.91. The molecule has 0 aliphatic rings. The van der Waals surface area contributed by atoms with Crippen LogP contribution in [-0.4, -0.2) is 23.6 Å². The molecule has 0 aromatic rings. The van der Waals surface area contributed by atoms with Gasteiger partial charge in [-0.15, -0.1) is 0 Å². The number of rotatable bonds is 14. The minimum atomic E-state index is 0.452. The molecule has 0 radical (unpaired) electrons. The van der Waals surface area contributed by atoms with E-state index >= 15 is 0 Å². The highest BCUT2D eigenvalue weighted by Gasteiger charge is 2.25. The summed E-state index contributed by atoms with van der Waals surface area (Å²) in [4.78, 5) is 0. The van der Waals surface area contributed by atoms with Crippen LogP contribution in [0.4, 0.5) is 0 Å². The van der Waals surface area contributed by atoms with Crippen molar-refractivity contribution in [3.8, 4) is 0 Å². The van der Waals surface area contributed by atoms with E-state index in [-0.39, 0.29) is 0 Å². The zero-order chi connectivity index (χ0) is 15.3. The molecule has 0 atom stereocenters. The van der Waals surface area contributed by atoms with Gasteiger partial charge in [-0.05, 0) is 31.9 Å². The molecule has 1 N–H and O–H groups in total. The fourth-order valence-corrected chi connectivity index (χ4v) is 3.63. The Bertz CT molecular complexity index is 183. The van der Waals surface area contributed by atoms with Crippen molar-refractivity contribution in [3.05, 3.63) is 0 Å². The molecular formula is C18H39NS.